The van der Waals surface area contributed by atoms with Crippen molar-refractivity contribution < 1.29 is 4.92 Å². The topological polar surface area (TPSA) is 98.2 Å². The van der Waals surface area contributed by atoms with Crippen LogP contribution < -0.4 is 10.6 Å². The highest BCUT2D eigenvalue weighted by Crippen LogP contribution is 2.36. The summed E-state index contributed by atoms with van der Waals surface area (Å²) in [5.41, 5.74) is 5.89. The van der Waals surface area contributed by atoms with E-state index in [4.69, 9.17) is 5.73 Å². The van der Waals surface area contributed by atoms with E-state index in [2.05, 4.69) is 23.8 Å². The number of nitro groups is 1. The fourth-order valence-electron chi connectivity index (χ4n) is 2.20. The van der Waals surface area contributed by atoms with Gasteiger partial charge in [0.05, 0.1) is 4.92 Å². The molecule has 0 atom stereocenters. The van der Waals surface area contributed by atoms with Gasteiger partial charge in [0.15, 0.2) is 0 Å². The molecule has 0 saturated carbocycles. The summed E-state index contributed by atoms with van der Waals surface area (Å²) in [6.45, 7) is 7.25. The Hall–Kier alpha value is -1.57. The minimum Gasteiger partial charge on any atom is -0.368 e. The molecule has 0 amide bonds. The first-order valence-corrected chi connectivity index (χ1v) is 6.96. The van der Waals surface area contributed by atoms with Crippen LogP contribution >= 0.6 is 11.8 Å². The summed E-state index contributed by atoms with van der Waals surface area (Å²) in [6.07, 6.45) is 0. The van der Waals surface area contributed by atoms with Crippen LogP contribution in [0, 0.1) is 17.0 Å². The minimum absolute atomic E-state index is 0.0414. The van der Waals surface area contributed by atoms with Gasteiger partial charge in [-0.1, -0.05) is 0 Å². The maximum atomic E-state index is 11.2. The van der Waals surface area contributed by atoms with Crippen molar-refractivity contribution in [2.75, 3.05) is 29.5 Å². The van der Waals surface area contributed by atoms with Crippen molar-refractivity contribution in [3.8, 4) is 0 Å². The standard InChI is InChI=1S/C11H17N5O2S/c1-7-8(16(17)18)9(14-10(12)13-7)15-4-5-19-11(2,3)6-15/h4-6H2,1-3H3,(H2,12,13,14). The van der Waals surface area contributed by atoms with Crippen molar-refractivity contribution in [1.82, 2.24) is 9.97 Å². The molecule has 104 valence electrons. The third-order valence-corrected chi connectivity index (χ3v) is 4.26. The summed E-state index contributed by atoms with van der Waals surface area (Å²) in [5, 5.41) is 11.2. The van der Waals surface area contributed by atoms with Crippen molar-refractivity contribution >= 4 is 29.2 Å². The number of nitrogens with zero attached hydrogens (tertiary/aromatic N) is 4. The average molecular weight is 283 g/mol. The Bertz CT molecular complexity index is 520. The lowest BCUT2D eigenvalue weighted by Gasteiger charge is -2.37. The molecule has 0 radical (unpaired) electrons. The summed E-state index contributed by atoms with van der Waals surface area (Å²) < 4.78 is 0.0414. The summed E-state index contributed by atoms with van der Waals surface area (Å²) in [6, 6.07) is 0. The van der Waals surface area contributed by atoms with E-state index in [-0.39, 0.29) is 16.4 Å². The number of nitrogens with two attached hydrogens (primary N) is 1. The van der Waals surface area contributed by atoms with Crippen molar-refractivity contribution in [1.29, 1.82) is 0 Å². The number of hydrogen-bond donors (Lipinski definition) is 1. The van der Waals surface area contributed by atoms with Crippen LogP contribution in [0.4, 0.5) is 17.5 Å². The van der Waals surface area contributed by atoms with Gasteiger partial charge >= 0.3 is 5.69 Å². The number of anilines is 2. The van der Waals surface area contributed by atoms with E-state index < -0.39 is 4.92 Å². The second kappa shape index (κ2) is 4.84. The van der Waals surface area contributed by atoms with E-state index in [9.17, 15) is 10.1 Å². The smallest absolute Gasteiger partial charge is 0.332 e. The quantitative estimate of drug-likeness (QED) is 0.650. The Morgan fingerprint density at radius 3 is 2.74 bits per heavy atom. The summed E-state index contributed by atoms with van der Waals surface area (Å²) in [7, 11) is 0. The van der Waals surface area contributed by atoms with Gasteiger partial charge in [-0.25, -0.2) is 4.98 Å². The predicted molar refractivity (Wildman–Crippen MR) is 76.6 cm³/mol. The number of rotatable bonds is 2. The molecular weight excluding hydrogens is 266 g/mol. The molecule has 1 aliphatic heterocycles. The van der Waals surface area contributed by atoms with Crippen LogP contribution in [0.1, 0.15) is 19.5 Å². The van der Waals surface area contributed by atoms with Gasteiger partial charge in [0.1, 0.15) is 5.69 Å². The highest BCUT2D eigenvalue weighted by Gasteiger charge is 2.33. The summed E-state index contributed by atoms with van der Waals surface area (Å²) >= 11 is 1.86. The van der Waals surface area contributed by atoms with Crippen molar-refractivity contribution in [3.05, 3.63) is 15.8 Å². The molecule has 8 heteroatoms. The van der Waals surface area contributed by atoms with Gasteiger partial charge in [-0.2, -0.15) is 16.7 Å². The maximum absolute atomic E-state index is 11.2. The molecule has 2 rings (SSSR count). The van der Waals surface area contributed by atoms with E-state index in [1.807, 2.05) is 16.7 Å². The van der Waals surface area contributed by atoms with Crippen molar-refractivity contribution in [2.45, 2.75) is 25.5 Å². The molecular formula is C11H17N5O2S. The van der Waals surface area contributed by atoms with E-state index in [0.29, 0.717) is 18.1 Å². The molecule has 7 nitrogen and oxygen atoms in total. The molecule has 1 aliphatic rings. The Kier molecular flexibility index (Phi) is 3.53. The second-order valence-corrected chi connectivity index (χ2v) is 6.93. The zero-order chi connectivity index (χ0) is 14.2. The fourth-order valence-corrected chi connectivity index (χ4v) is 3.32. The highest BCUT2D eigenvalue weighted by atomic mass is 32.2. The van der Waals surface area contributed by atoms with Gasteiger partial charge < -0.3 is 10.6 Å². The molecule has 0 spiro atoms. The number of aromatic nitrogens is 2. The molecule has 1 aromatic heterocycles. The van der Waals surface area contributed by atoms with Gasteiger partial charge in [-0.3, -0.25) is 10.1 Å². The Balaban J connectivity index is 2.46. The molecule has 1 saturated heterocycles. The van der Waals surface area contributed by atoms with Gasteiger partial charge in [0.25, 0.3) is 0 Å². The lowest BCUT2D eigenvalue weighted by Crippen LogP contribution is -2.44. The molecule has 1 aromatic rings. The van der Waals surface area contributed by atoms with Crippen LogP contribution in [0.3, 0.4) is 0 Å². The SMILES string of the molecule is Cc1nc(N)nc(N2CCSC(C)(C)C2)c1[N+](=O)[O-]. The molecule has 0 bridgehead atoms. The third-order valence-electron chi connectivity index (χ3n) is 2.96. The first kappa shape index (κ1) is 13.9. The lowest BCUT2D eigenvalue weighted by molar-refractivity contribution is -0.385. The lowest BCUT2D eigenvalue weighted by atomic mass is 10.2. The number of aryl methyl sites for hydroxylation is 1. The zero-order valence-electron chi connectivity index (χ0n) is 11.2. The van der Waals surface area contributed by atoms with Crippen molar-refractivity contribution in [2.24, 2.45) is 0 Å². The van der Waals surface area contributed by atoms with E-state index in [0.717, 1.165) is 12.3 Å². The normalized spacial score (nSPS) is 18.4. The molecule has 2 heterocycles. The number of thioether (sulfide) groups is 1. The maximum Gasteiger partial charge on any atom is 0.332 e. The Labute approximate surface area is 115 Å². The summed E-state index contributed by atoms with van der Waals surface area (Å²) in [4.78, 5) is 20.7. The third kappa shape index (κ3) is 2.89. The monoisotopic (exact) mass is 283 g/mol. The molecule has 19 heavy (non-hydrogen) atoms. The van der Waals surface area contributed by atoms with E-state index in [1.165, 1.54) is 0 Å². The highest BCUT2D eigenvalue weighted by molar-refractivity contribution is 8.00. The van der Waals surface area contributed by atoms with Crippen LogP contribution in [-0.4, -0.2) is 38.5 Å². The van der Waals surface area contributed by atoms with E-state index >= 15 is 0 Å². The zero-order valence-corrected chi connectivity index (χ0v) is 12.0. The van der Waals surface area contributed by atoms with Crippen LogP contribution in [0.5, 0.6) is 0 Å². The van der Waals surface area contributed by atoms with Gasteiger partial charge in [-0.05, 0) is 20.8 Å². The predicted octanol–water partition coefficient (Wildman–Crippen LogP) is 1.61. The Morgan fingerprint density at radius 1 is 1.47 bits per heavy atom. The van der Waals surface area contributed by atoms with Crippen molar-refractivity contribution in [3.63, 3.8) is 0 Å². The Morgan fingerprint density at radius 2 is 2.16 bits per heavy atom. The largest absolute Gasteiger partial charge is 0.368 e. The minimum atomic E-state index is -0.432. The van der Waals surface area contributed by atoms with Crippen LogP contribution in [0.2, 0.25) is 0 Å². The first-order valence-electron chi connectivity index (χ1n) is 5.97. The number of nitrogen functional groups attached to an aromatic ring is 1. The molecule has 2 N–H and O–H groups in total. The average Bonchev–Trinajstić information content (AvgIpc) is 2.25. The first-order chi connectivity index (χ1) is 8.80. The number of hydrogen-bond acceptors (Lipinski definition) is 7. The van der Waals surface area contributed by atoms with Gasteiger partial charge in [-0.15, -0.1) is 0 Å². The van der Waals surface area contributed by atoms with Crippen LogP contribution in [0.25, 0.3) is 0 Å². The molecule has 0 unspecified atom stereocenters. The van der Waals surface area contributed by atoms with E-state index in [1.54, 1.807) is 6.92 Å². The molecule has 1 fully saturated rings. The van der Waals surface area contributed by atoms with Gasteiger partial charge in [0, 0.05) is 23.6 Å². The second-order valence-electron chi connectivity index (χ2n) is 5.13. The van der Waals surface area contributed by atoms with Crippen LogP contribution in [0.15, 0.2) is 0 Å². The summed E-state index contributed by atoms with van der Waals surface area (Å²) in [5.74, 6) is 1.32. The van der Waals surface area contributed by atoms with Crippen LogP contribution in [-0.2, 0) is 0 Å². The molecule has 0 aromatic carbocycles. The molecule has 0 aliphatic carbocycles. The van der Waals surface area contributed by atoms with Gasteiger partial charge in [0.2, 0.25) is 11.8 Å². The fraction of sp³-hybridized carbons (Fsp3) is 0.636.